The highest BCUT2D eigenvalue weighted by atomic mass is 16.5. The van der Waals surface area contributed by atoms with Crippen molar-refractivity contribution < 1.29 is 18.9 Å². The third-order valence-corrected chi connectivity index (χ3v) is 5.19. The summed E-state index contributed by atoms with van der Waals surface area (Å²) >= 11 is 0. The lowest BCUT2D eigenvalue weighted by molar-refractivity contribution is 0.288. The van der Waals surface area contributed by atoms with Crippen molar-refractivity contribution in [1.82, 2.24) is 4.98 Å². The van der Waals surface area contributed by atoms with Crippen LogP contribution in [0.2, 0.25) is 0 Å². The molecule has 0 fully saturated rings. The third-order valence-electron chi connectivity index (χ3n) is 5.19. The monoisotopic (exact) mass is 415 g/mol. The van der Waals surface area contributed by atoms with E-state index in [4.69, 9.17) is 18.9 Å². The van der Waals surface area contributed by atoms with Gasteiger partial charge in [-0.3, -0.25) is 4.98 Å². The molecule has 0 aliphatic carbocycles. The number of benzene rings is 3. The van der Waals surface area contributed by atoms with E-state index in [2.05, 4.69) is 4.98 Å². The van der Waals surface area contributed by atoms with Crippen LogP contribution < -0.4 is 18.9 Å². The van der Waals surface area contributed by atoms with Crippen LogP contribution in [0.1, 0.15) is 16.8 Å². The van der Waals surface area contributed by atoms with E-state index in [1.165, 1.54) is 0 Å². The standard InChI is InChI=1S/C26H25NO4/c1-28-22-11-9-19(16-24(22)30-3)15-21-25-20(13-14-27-21)10-12-23(29-2)26(25)31-17-18-7-5-4-6-8-18/h4-14,16H,15,17H2,1-3H3. The molecule has 4 aromatic rings. The maximum absolute atomic E-state index is 6.28. The van der Waals surface area contributed by atoms with Gasteiger partial charge in [0.05, 0.1) is 27.0 Å². The Morgan fingerprint density at radius 3 is 2.19 bits per heavy atom. The first-order valence-corrected chi connectivity index (χ1v) is 10.1. The molecule has 0 saturated carbocycles. The summed E-state index contributed by atoms with van der Waals surface area (Å²) in [5.41, 5.74) is 3.06. The van der Waals surface area contributed by atoms with Crippen molar-refractivity contribution in [3.8, 4) is 23.0 Å². The Morgan fingerprint density at radius 2 is 1.45 bits per heavy atom. The fraction of sp³-hybridized carbons (Fsp3) is 0.192. The first kappa shape index (κ1) is 20.5. The molecule has 0 N–H and O–H groups in total. The van der Waals surface area contributed by atoms with Gasteiger partial charge in [-0.25, -0.2) is 0 Å². The predicted molar refractivity (Wildman–Crippen MR) is 121 cm³/mol. The van der Waals surface area contributed by atoms with Gasteiger partial charge in [-0.2, -0.15) is 0 Å². The molecule has 0 amide bonds. The van der Waals surface area contributed by atoms with Gasteiger partial charge in [-0.15, -0.1) is 0 Å². The Hall–Kier alpha value is -3.73. The number of rotatable bonds is 8. The van der Waals surface area contributed by atoms with E-state index in [0.717, 1.165) is 27.6 Å². The topological polar surface area (TPSA) is 49.8 Å². The van der Waals surface area contributed by atoms with Gasteiger partial charge in [0, 0.05) is 18.0 Å². The predicted octanol–water partition coefficient (Wildman–Crippen LogP) is 5.43. The van der Waals surface area contributed by atoms with Crippen LogP contribution in [-0.4, -0.2) is 26.3 Å². The second-order valence-corrected chi connectivity index (χ2v) is 7.09. The Kier molecular flexibility index (Phi) is 6.22. The molecule has 4 rings (SSSR count). The molecule has 3 aromatic carbocycles. The van der Waals surface area contributed by atoms with Gasteiger partial charge < -0.3 is 18.9 Å². The second-order valence-electron chi connectivity index (χ2n) is 7.09. The highest BCUT2D eigenvalue weighted by molar-refractivity contribution is 5.92. The number of hydrogen-bond acceptors (Lipinski definition) is 5. The van der Waals surface area contributed by atoms with E-state index < -0.39 is 0 Å². The maximum Gasteiger partial charge on any atom is 0.171 e. The van der Waals surface area contributed by atoms with Crippen LogP contribution in [0.3, 0.4) is 0 Å². The smallest absolute Gasteiger partial charge is 0.171 e. The van der Waals surface area contributed by atoms with Crippen molar-refractivity contribution in [1.29, 1.82) is 0 Å². The van der Waals surface area contributed by atoms with Gasteiger partial charge in [-0.1, -0.05) is 42.5 Å². The SMILES string of the molecule is COc1ccc(Cc2nccc3ccc(OC)c(OCc4ccccc4)c23)cc1OC. The van der Waals surface area contributed by atoms with E-state index in [-0.39, 0.29) is 0 Å². The fourth-order valence-electron chi connectivity index (χ4n) is 3.64. The minimum Gasteiger partial charge on any atom is -0.493 e. The van der Waals surface area contributed by atoms with Gasteiger partial charge in [-0.05, 0) is 40.8 Å². The maximum atomic E-state index is 6.28. The van der Waals surface area contributed by atoms with Crippen LogP contribution in [-0.2, 0) is 13.0 Å². The van der Waals surface area contributed by atoms with Gasteiger partial charge >= 0.3 is 0 Å². The van der Waals surface area contributed by atoms with Crippen molar-refractivity contribution in [2.45, 2.75) is 13.0 Å². The van der Waals surface area contributed by atoms with E-state index in [1.54, 1.807) is 21.3 Å². The fourth-order valence-corrected chi connectivity index (χ4v) is 3.64. The van der Waals surface area contributed by atoms with E-state index in [0.29, 0.717) is 36.0 Å². The van der Waals surface area contributed by atoms with Crippen LogP contribution in [0.15, 0.2) is 72.9 Å². The summed E-state index contributed by atoms with van der Waals surface area (Å²) in [6.07, 6.45) is 2.44. The number of nitrogens with zero attached hydrogens (tertiary/aromatic N) is 1. The molecule has 0 radical (unpaired) electrons. The molecule has 1 heterocycles. The zero-order chi connectivity index (χ0) is 21.6. The largest absolute Gasteiger partial charge is 0.493 e. The summed E-state index contributed by atoms with van der Waals surface area (Å²) in [5.74, 6) is 2.78. The number of hydrogen-bond donors (Lipinski definition) is 0. The normalized spacial score (nSPS) is 10.7. The summed E-state index contributed by atoms with van der Waals surface area (Å²) in [7, 11) is 4.92. The third kappa shape index (κ3) is 4.40. The summed E-state index contributed by atoms with van der Waals surface area (Å²) < 4.78 is 22.7. The van der Waals surface area contributed by atoms with Crippen LogP contribution in [0, 0.1) is 0 Å². The van der Waals surface area contributed by atoms with Gasteiger partial charge in [0.25, 0.3) is 0 Å². The van der Waals surface area contributed by atoms with Crippen LogP contribution in [0.5, 0.6) is 23.0 Å². The summed E-state index contributed by atoms with van der Waals surface area (Å²) in [4.78, 5) is 4.68. The number of methoxy groups -OCH3 is 3. The number of aromatic nitrogens is 1. The van der Waals surface area contributed by atoms with Gasteiger partial charge in [0.2, 0.25) is 0 Å². The van der Waals surface area contributed by atoms with E-state index in [1.807, 2.05) is 72.9 Å². The zero-order valence-corrected chi connectivity index (χ0v) is 17.9. The van der Waals surface area contributed by atoms with Crippen LogP contribution in [0.4, 0.5) is 0 Å². The average Bonchev–Trinajstić information content (AvgIpc) is 2.83. The van der Waals surface area contributed by atoms with E-state index >= 15 is 0 Å². The first-order valence-electron chi connectivity index (χ1n) is 10.1. The summed E-state index contributed by atoms with van der Waals surface area (Å²) in [6, 6.07) is 21.9. The zero-order valence-electron chi connectivity index (χ0n) is 17.9. The molecule has 0 unspecified atom stereocenters. The average molecular weight is 415 g/mol. The molecule has 1 aromatic heterocycles. The van der Waals surface area contributed by atoms with E-state index in [9.17, 15) is 0 Å². The summed E-state index contributed by atoms with van der Waals surface area (Å²) in [6.45, 7) is 0.445. The van der Waals surface area contributed by atoms with Crippen LogP contribution >= 0.6 is 0 Å². The summed E-state index contributed by atoms with van der Waals surface area (Å²) in [5, 5.41) is 2.00. The Labute approximate surface area is 182 Å². The van der Waals surface area contributed by atoms with Crippen molar-refractivity contribution in [2.75, 3.05) is 21.3 Å². The lowest BCUT2D eigenvalue weighted by atomic mass is 10.0. The minimum atomic E-state index is 0.445. The molecule has 0 saturated heterocycles. The lowest BCUT2D eigenvalue weighted by Gasteiger charge is -2.16. The van der Waals surface area contributed by atoms with Gasteiger partial charge in [0.1, 0.15) is 6.61 Å². The molecule has 0 aliphatic rings. The van der Waals surface area contributed by atoms with Crippen molar-refractivity contribution in [3.63, 3.8) is 0 Å². The number of fused-ring (bicyclic) bond motifs is 1. The van der Waals surface area contributed by atoms with Crippen molar-refractivity contribution in [3.05, 3.63) is 89.7 Å². The molecule has 158 valence electrons. The minimum absolute atomic E-state index is 0.445. The molecule has 0 spiro atoms. The molecular weight excluding hydrogens is 390 g/mol. The Bertz CT molecular complexity index is 1170. The molecule has 31 heavy (non-hydrogen) atoms. The molecule has 0 aliphatic heterocycles. The number of ether oxygens (including phenoxy) is 4. The molecule has 5 nitrogen and oxygen atoms in total. The quantitative estimate of drug-likeness (QED) is 0.384. The first-order chi connectivity index (χ1) is 15.2. The Morgan fingerprint density at radius 1 is 0.710 bits per heavy atom. The second kappa shape index (κ2) is 9.39. The highest BCUT2D eigenvalue weighted by Gasteiger charge is 2.16. The van der Waals surface area contributed by atoms with Gasteiger partial charge in [0.15, 0.2) is 23.0 Å². The van der Waals surface area contributed by atoms with Crippen molar-refractivity contribution in [2.24, 2.45) is 0 Å². The van der Waals surface area contributed by atoms with Crippen LogP contribution in [0.25, 0.3) is 10.8 Å². The highest BCUT2D eigenvalue weighted by Crippen LogP contribution is 2.38. The molecule has 0 atom stereocenters. The van der Waals surface area contributed by atoms with Crippen molar-refractivity contribution >= 4 is 10.8 Å². The molecule has 0 bridgehead atoms. The number of pyridine rings is 1. The molecule has 5 heteroatoms. The lowest BCUT2D eigenvalue weighted by Crippen LogP contribution is -2.02. The Balaban J connectivity index is 1.75. The molecular formula is C26H25NO4.